The van der Waals surface area contributed by atoms with E-state index in [1.807, 2.05) is 0 Å². The molecule has 0 unspecified atom stereocenters. The quantitative estimate of drug-likeness (QED) is 0.601. The van der Waals surface area contributed by atoms with Gasteiger partial charge in [0.25, 0.3) is 0 Å². The molecule has 0 aliphatic rings. The molecule has 0 spiro atoms. The van der Waals surface area contributed by atoms with E-state index in [-0.39, 0.29) is 23.3 Å². The Bertz CT molecular complexity index is 792. The van der Waals surface area contributed by atoms with E-state index < -0.39 is 12.6 Å². The van der Waals surface area contributed by atoms with Gasteiger partial charge in [-0.15, -0.1) is 11.8 Å². The maximum absolute atomic E-state index is 11.9. The number of carbonyl (C=O) groups is 3. The Labute approximate surface area is 153 Å². The standard InChI is InChI=1S/C16H17N3O6S/c1-10-5-13(19-25-10)18-15(21)9-26-8-14(20)17-11-3-2-4-12(6-11)24-7-16(22)23/h2-6H,7-9H2,1H3,(H,17,20)(H,22,23)(H,18,19,21). The molecule has 1 aromatic carbocycles. The van der Waals surface area contributed by atoms with Crippen LogP contribution in [0.5, 0.6) is 5.75 Å². The van der Waals surface area contributed by atoms with Crippen LogP contribution in [0.25, 0.3) is 0 Å². The maximum Gasteiger partial charge on any atom is 0.341 e. The average Bonchev–Trinajstić information content (AvgIpc) is 2.98. The van der Waals surface area contributed by atoms with E-state index in [0.717, 1.165) is 11.8 Å². The molecule has 3 N–H and O–H groups in total. The van der Waals surface area contributed by atoms with Crippen molar-refractivity contribution in [3.63, 3.8) is 0 Å². The van der Waals surface area contributed by atoms with Crippen molar-refractivity contribution in [2.45, 2.75) is 6.92 Å². The number of thioether (sulfide) groups is 1. The highest BCUT2D eigenvalue weighted by Crippen LogP contribution is 2.17. The van der Waals surface area contributed by atoms with E-state index in [1.165, 1.54) is 6.07 Å². The minimum Gasteiger partial charge on any atom is -0.482 e. The molecule has 1 heterocycles. The van der Waals surface area contributed by atoms with Gasteiger partial charge in [-0.05, 0) is 19.1 Å². The summed E-state index contributed by atoms with van der Waals surface area (Å²) in [6, 6.07) is 7.98. The molecule has 0 saturated carbocycles. The van der Waals surface area contributed by atoms with Crippen molar-refractivity contribution in [2.24, 2.45) is 0 Å². The van der Waals surface area contributed by atoms with Crippen molar-refractivity contribution < 1.29 is 28.8 Å². The minimum atomic E-state index is -1.09. The summed E-state index contributed by atoms with van der Waals surface area (Å²) in [5.74, 6) is -0.268. The smallest absolute Gasteiger partial charge is 0.341 e. The lowest BCUT2D eigenvalue weighted by molar-refractivity contribution is -0.139. The summed E-state index contributed by atoms with van der Waals surface area (Å²) >= 11 is 1.14. The van der Waals surface area contributed by atoms with Crippen molar-refractivity contribution >= 4 is 41.1 Å². The third-order valence-corrected chi connectivity index (χ3v) is 3.77. The van der Waals surface area contributed by atoms with Crippen LogP contribution in [0.4, 0.5) is 11.5 Å². The summed E-state index contributed by atoms with van der Waals surface area (Å²) in [4.78, 5) is 34.1. The number of carbonyl (C=O) groups excluding carboxylic acids is 2. The number of hydrogen-bond donors (Lipinski definition) is 3. The largest absolute Gasteiger partial charge is 0.482 e. The molecule has 0 fully saturated rings. The third-order valence-electron chi connectivity index (χ3n) is 2.84. The maximum atomic E-state index is 11.9. The topological polar surface area (TPSA) is 131 Å². The molecule has 0 aliphatic carbocycles. The fourth-order valence-corrected chi connectivity index (χ4v) is 2.46. The van der Waals surface area contributed by atoms with E-state index in [4.69, 9.17) is 14.4 Å². The number of anilines is 2. The second kappa shape index (κ2) is 9.47. The van der Waals surface area contributed by atoms with Crippen LogP contribution >= 0.6 is 11.8 Å². The van der Waals surface area contributed by atoms with Crippen LogP contribution in [0.15, 0.2) is 34.9 Å². The Balaban J connectivity index is 1.72. The molecule has 0 atom stereocenters. The van der Waals surface area contributed by atoms with Crippen molar-refractivity contribution in [1.29, 1.82) is 0 Å². The average molecular weight is 379 g/mol. The molecule has 2 aromatic rings. The van der Waals surface area contributed by atoms with Crippen LogP contribution in [0.2, 0.25) is 0 Å². The lowest BCUT2D eigenvalue weighted by atomic mass is 10.3. The number of nitrogens with one attached hydrogen (secondary N) is 2. The van der Waals surface area contributed by atoms with Gasteiger partial charge in [0.15, 0.2) is 12.4 Å². The van der Waals surface area contributed by atoms with Crippen molar-refractivity contribution in [2.75, 3.05) is 28.7 Å². The third kappa shape index (κ3) is 6.85. The fourth-order valence-electron chi connectivity index (χ4n) is 1.85. The van der Waals surface area contributed by atoms with Crippen LogP contribution in [0.1, 0.15) is 5.76 Å². The predicted molar refractivity (Wildman–Crippen MR) is 95.4 cm³/mol. The molecule has 0 saturated heterocycles. The molecule has 10 heteroatoms. The number of rotatable bonds is 9. The highest BCUT2D eigenvalue weighted by Gasteiger charge is 2.09. The van der Waals surface area contributed by atoms with Gasteiger partial charge in [-0.1, -0.05) is 11.2 Å². The molecule has 2 rings (SSSR count). The first-order valence-corrected chi connectivity index (χ1v) is 8.63. The highest BCUT2D eigenvalue weighted by molar-refractivity contribution is 8.00. The van der Waals surface area contributed by atoms with Gasteiger partial charge in [-0.2, -0.15) is 0 Å². The number of amides is 2. The number of aryl methyl sites for hydroxylation is 1. The van der Waals surface area contributed by atoms with Crippen LogP contribution in [-0.4, -0.2) is 46.2 Å². The molecule has 2 amide bonds. The van der Waals surface area contributed by atoms with E-state index in [9.17, 15) is 14.4 Å². The van der Waals surface area contributed by atoms with Crippen LogP contribution in [0, 0.1) is 6.92 Å². The molecule has 9 nitrogen and oxygen atoms in total. The lowest BCUT2D eigenvalue weighted by Gasteiger charge is -2.08. The summed E-state index contributed by atoms with van der Waals surface area (Å²) < 4.78 is 9.87. The Morgan fingerprint density at radius 1 is 1.19 bits per heavy atom. The predicted octanol–water partition coefficient (Wildman–Crippen LogP) is 1.76. The Morgan fingerprint density at radius 2 is 1.92 bits per heavy atom. The Kier molecular flexibility index (Phi) is 7.03. The van der Waals surface area contributed by atoms with Crippen molar-refractivity contribution in [3.8, 4) is 5.75 Å². The lowest BCUT2D eigenvalue weighted by Crippen LogP contribution is -2.18. The van der Waals surface area contributed by atoms with Gasteiger partial charge in [0.05, 0.1) is 11.5 Å². The zero-order valence-corrected chi connectivity index (χ0v) is 14.7. The van der Waals surface area contributed by atoms with Gasteiger partial charge in [0.2, 0.25) is 11.8 Å². The van der Waals surface area contributed by atoms with Gasteiger partial charge in [0.1, 0.15) is 11.5 Å². The van der Waals surface area contributed by atoms with Gasteiger partial charge < -0.3 is 25.0 Å². The number of aliphatic carboxylic acids is 1. The van der Waals surface area contributed by atoms with Crippen molar-refractivity contribution in [3.05, 3.63) is 36.1 Å². The minimum absolute atomic E-state index is 0.0749. The van der Waals surface area contributed by atoms with E-state index in [1.54, 1.807) is 31.2 Å². The Morgan fingerprint density at radius 3 is 2.58 bits per heavy atom. The second-order valence-electron chi connectivity index (χ2n) is 5.12. The zero-order chi connectivity index (χ0) is 18.9. The first kappa shape index (κ1) is 19.3. The van der Waals surface area contributed by atoms with E-state index in [2.05, 4.69) is 15.8 Å². The molecule has 26 heavy (non-hydrogen) atoms. The number of carboxylic acids is 1. The van der Waals surface area contributed by atoms with Gasteiger partial charge in [-0.3, -0.25) is 9.59 Å². The fraction of sp³-hybridized carbons (Fsp3) is 0.250. The summed E-state index contributed by atoms with van der Waals surface area (Å²) in [6.45, 7) is 1.25. The number of carboxylic acid groups (broad SMARTS) is 1. The van der Waals surface area contributed by atoms with Crippen molar-refractivity contribution in [1.82, 2.24) is 5.16 Å². The highest BCUT2D eigenvalue weighted by atomic mass is 32.2. The summed E-state index contributed by atoms with van der Waals surface area (Å²) in [7, 11) is 0. The van der Waals surface area contributed by atoms with E-state index in [0.29, 0.717) is 23.0 Å². The second-order valence-corrected chi connectivity index (χ2v) is 6.11. The normalized spacial score (nSPS) is 10.2. The number of nitrogens with zero attached hydrogens (tertiary/aromatic N) is 1. The Hall–Kier alpha value is -3.01. The van der Waals surface area contributed by atoms with Crippen LogP contribution < -0.4 is 15.4 Å². The molecular formula is C16H17N3O6S. The van der Waals surface area contributed by atoms with Crippen LogP contribution in [-0.2, 0) is 14.4 Å². The number of benzene rings is 1. The van der Waals surface area contributed by atoms with Gasteiger partial charge in [-0.25, -0.2) is 4.79 Å². The summed E-state index contributed by atoms with van der Waals surface area (Å²) in [5.41, 5.74) is 0.473. The van der Waals surface area contributed by atoms with E-state index >= 15 is 0 Å². The molecule has 0 aliphatic heterocycles. The first-order valence-electron chi connectivity index (χ1n) is 7.48. The molecular weight excluding hydrogens is 362 g/mol. The number of ether oxygens (including phenoxy) is 1. The summed E-state index contributed by atoms with van der Waals surface area (Å²) in [5, 5.41) is 17.4. The van der Waals surface area contributed by atoms with Gasteiger partial charge in [0, 0.05) is 17.8 Å². The molecule has 0 radical (unpaired) electrons. The monoisotopic (exact) mass is 379 g/mol. The number of hydrogen-bond acceptors (Lipinski definition) is 7. The SMILES string of the molecule is Cc1cc(NC(=O)CSCC(=O)Nc2cccc(OCC(=O)O)c2)no1. The van der Waals surface area contributed by atoms with Gasteiger partial charge >= 0.3 is 5.97 Å². The molecule has 0 bridgehead atoms. The van der Waals surface area contributed by atoms with Crippen LogP contribution in [0.3, 0.4) is 0 Å². The zero-order valence-electron chi connectivity index (χ0n) is 13.9. The first-order chi connectivity index (χ1) is 12.4. The summed E-state index contributed by atoms with van der Waals surface area (Å²) in [6.07, 6.45) is 0. The number of aromatic nitrogens is 1. The molecule has 1 aromatic heterocycles. The molecule has 138 valence electrons.